The Morgan fingerprint density at radius 3 is 1.51 bits per heavy atom. The minimum absolute atomic E-state index is 0.676. The van der Waals surface area contributed by atoms with Gasteiger partial charge >= 0.3 is 0 Å². The highest BCUT2D eigenvalue weighted by molar-refractivity contribution is 6.35. The van der Waals surface area contributed by atoms with Crippen LogP contribution >= 0.6 is 0 Å². The van der Waals surface area contributed by atoms with Crippen molar-refractivity contribution >= 4 is 43.5 Å². The van der Waals surface area contributed by atoms with Gasteiger partial charge in [-0.15, -0.1) is 0 Å². The van der Waals surface area contributed by atoms with Crippen molar-refractivity contribution in [2.24, 2.45) is 0 Å². The van der Waals surface area contributed by atoms with Crippen LogP contribution in [0.5, 0.6) is 0 Å². The summed E-state index contributed by atoms with van der Waals surface area (Å²) in [5.41, 5.74) is 10.9. The zero-order valence-corrected chi connectivity index (χ0v) is 26.5. The first-order valence-corrected chi connectivity index (χ1v) is 16.6. The highest BCUT2D eigenvalue weighted by Crippen LogP contribution is 2.48. The van der Waals surface area contributed by atoms with E-state index in [0.717, 1.165) is 66.7 Å². The maximum absolute atomic E-state index is 7.06. The average molecular weight is 625 g/mol. The third-order valence-corrected chi connectivity index (χ3v) is 9.66. The molecule has 8 aromatic carbocycles. The fourth-order valence-electron chi connectivity index (χ4n) is 7.36. The monoisotopic (exact) mass is 624 g/mol. The molecule has 0 aliphatic heterocycles. The van der Waals surface area contributed by atoms with E-state index in [0.29, 0.717) is 5.82 Å². The molecule has 0 saturated carbocycles. The van der Waals surface area contributed by atoms with Crippen LogP contribution in [0.2, 0.25) is 0 Å². The second-order valence-electron chi connectivity index (χ2n) is 12.5. The van der Waals surface area contributed by atoms with Crippen LogP contribution in [0.3, 0.4) is 0 Å². The van der Waals surface area contributed by atoms with Gasteiger partial charge in [0.25, 0.3) is 0 Å². The van der Waals surface area contributed by atoms with Crippen molar-refractivity contribution in [1.82, 2.24) is 9.97 Å². The van der Waals surface area contributed by atoms with Crippen molar-refractivity contribution in [3.05, 3.63) is 170 Å². The molecule has 0 bridgehead atoms. The summed E-state index contributed by atoms with van der Waals surface area (Å²) in [5, 5.41) is 7.10. The van der Waals surface area contributed by atoms with Gasteiger partial charge in [0.05, 0.1) is 11.4 Å². The Hall–Kier alpha value is -6.58. The highest BCUT2D eigenvalue weighted by atomic mass is 16.3. The molecule has 2 heterocycles. The van der Waals surface area contributed by atoms with Crippen LogP contribution in [0.4, 0.5) is 0 Å². The van der Waals surface area contributed by atoms with E-state index in [1.807, 2.05) is 24.3 Å². The van der Waals surface area contributed by atoms with Gasteiger partial charge in [-0.25, -0.2) is 9.97 Å². The molecule has 0 aliphatic rings. The lowest BCUT2D eigenvalue weighted by atomic mass is 9.91. The van der Waals surface area contributed by atoms with Crippen LogP contribution in [-0.2, 0) is 0 Å². The van der Waals surface area contributed by atoms with Crippen LogP contribution in [0.1, 0.15) is 0 Å². The Morgan fingerprint density at radius 1 is 0.327 bits per heavy atom. The van der Waals surface area contributed by atoms with Crippen LogP contribution < -0.4 is 0 Å². The smallest absolute Gasteiger partial charge is 0.160 e. The number of hydrogen-bond donors (Lipinski definition) is 0. The maximum atomic E-state index is 7.06. The molecule has 0 amide bonds. The van der Waals surface area contributed by atoms with E-state index in [2.05, 4.69) is 146 Å². The quantitative estimate of drug-likeness (QED) is 0.179. The predicted octanol–water partition coefficient (Wildman–Crippen LogP) is 12.5. The van der Waals surface area contributed by atoms with Crippen molar-refractivity contribution < 1.29 is 4.42 Å². The summed E-state index contributed by atoms with van der Waals surface area (Å²) in [5.74, 6) is 0.676. The van der Waals surface area contributed by atoms with Gasteiger partial charge in [-0.2, -0.15) is 0 Å². The highest BCUT2D eigenvalue weighted by Gasteiger charge is 2.23. The Balaban J connectivity index is 1.27. The minimum Gasteiger partial charge on any atom is -0.455 e. The molecule has 10 aromatic rings. The van der Waals surface area contributed by atoms with Crippen LogP contribution in [0.15, 0.2) is 174 Å². The lowest BCUT2D eigenvalue weighted by Crippen LogP contribution is -1.96. The lowest BCUT2D eigenvalue weighted by molar-refractivity contribution is 0.671. The molecule has 0 atom stereocenters. The Morgan fingerprint density at radius 2 is 0.837 bits per heavy atom. The van der Waals surface area contributed by atoms with Crippen molar-refractivity contribution in [2.45, 2.75) is 0 Å². The van der Waals surface area contributed by atoms with E-state index in [1.165, 1.54) is 27.1 Å². The molecule has 228 valence electrons. The van der Waals surface area contributed by atoms with Gasteiger partial charge < -0.3 is 4.42 Å². The number of nitrogens with zero attached hydrogens (tertiary/aromatic N) is 2. The molecule has 49 heavy (non-hydrogen) atoms. The van der Waals surface area contributed by atoms with E-state index in [4.69, 9.17) is 14.4 Å². The van der Waals surface area contributed by atoms with Crippen molar-refractivity contribution in [3.8, 4) is 56.2 Å². The van der Waals surface area contributed by atoms with Gasteiger partial charge in [0.2, 0.25) is 0 Å². The zero-order chi connectivity index (χ0) is 32.3. The van der Waals surface area contributed by atoms with Crippen molar-refractivity contribution in [2.75, 3.05) is 0 Å². The largest absolute Gasteiger partial charge is 0.455 e. The number of hydrogen-bond acceptors (Lipinski definition) is 3. The molecule has 10 rings (SSSR count). The minimum atomic E-state index is 0.676. The van der Waals surface area contributed by atoms with E-state index in [-0.39, 0.29) is 0 Å². The predicted molar refractivity (Wildman–Crippen MR) is 203 cm³/mol. The molecular formula is C46H28N2O. The van der Waals surface area contributed by atoms with Crippen LogP contribution in [0, 0.1) is 0 Å². The van der Waals surface area contributed by atoms with Gasteiger partial charge in [-0.1, -0.05) is 146 Å². The first-order chi connectivity index (χ1) is 24.3. The first kappa shape index (κ1) is 27.5. The number of furan rings is 1. The average Bonchev–Trinajstić information content (AvgIpc) is 3.59. The van der Waals surface area contributed by atoms with Crippen molar-refractivity contribution in [1.29, 1.82) is 0 Å². The molecule has 0 spiro atoms. The van der Waals surface area contributed by atoms with E-state index in [1.54, 1.807) is 0 Å². The molecule has 0 radical (unpaired) electrons. The molecule has 3 nitrogen and oxygen atoms in total. The summed E-state index contributed by atoms with van der Waals surface area (Å²) >= 11 is 0. The van der Waals surface area contributed by atoms with Crippen molar-refractivity contribution in [3.63, 3.8) is 0 Å². The first-order valence-electron chi connectivity index (χ1n) is 16.6. The van der Waals surface area contributed by atoms with Gasteiger partial charge in [-0.3, -0.25) is 0 Å². The third-order valence-electron chi connectivity index (χ3n) is 9.66. The van der Waals surface area contributed by atoms with Gasteiger partial charge in [-0.05, 0) is 62.5 Å². The molecule has 0 unspecified atom stereocenters. The van der Waals surface area contributed by atoms with Gasteiger partial charge in [0.15, 0.2) is 5.82 Å². The number of fused-ring (bicyclic) bond motifs is 3. The van der Waals surface area contributed by atoms with E-state index < -0.39 is 0 Å². The second-order valence-corrected chi connectivity index (χ2v) is 12.5. The molecular weight excluding hydrogens is 597 g/mol. The normalized spacial score (nSPS) is 11.7. The summed E-state index contributed by atoms with van der Waals surface area (Å²) in [4.78, 5) is 10.4. The third kappa shape index (κ3) is 4.44. The Kier molecular flexibility index (Phi) is 6.18. The van der Waals surface area contributed by atoms with Crippen LogP contribution in [0.25, 0.3) is 99.6 Å². The molecule has 0 N–H and O–H groups in total. The molecule has 3 heteroatoms. The Bertz CT molecular complexity index is 2800. The zero-order valence-electron chi connectivity index (χ0n) is 26.5. The van der Waals surface area contributed by atoms with Crippen LogP contribution in [-0.4, -0.2) is 9.97 Å². The standard InChI is InChI=1S/C46H28N2O/c1-4-13-29(14-5-1)32-19-12-20-33(27-32)40-28-41(48-46(47-40)31-17-8-3-9-18-31)39-26-25-38-36-22-11-10-21-35(36)37-24-23-34(30-15-6-2-7-16-30)44-42(37)43(38)45(39)49-44/h1-28H. The molecule has 0 aliphatic carbocycles. The maximum Gasteiger partial charge on any atom is 0.160 e. The second kappa shape index (κ2) is 11.0. The topological polar surface area (TPSA) is 38.9 Å². The summed E-state index contributed by atoms with van der Waals surface area (Å²) < 4.78 is 7.06. The number of aromatic nitrogens is 2. The van der Waals surface area contributed by atoms with E-state index in [9.17, 15) is 0 Å². The number of benzene rings is 8. The summed E-state index contributed by atoms with van der Waals surface area (Å²) in [6, 6.07) is 59.4. The fraction of sp³-hybridized carbons (Fsp3) is 0. The summed E-state index contributed by atoms with van der Waals surface area (Å²) in [7, 11) is 0. The molecule has 0 saturated heterocycles. The Labute approximate surface area is 283 Å². The van der Waals surface area contributed by atoms with Gasteiger partial charge in [0, 0.05) is 33.0 Å². The summed E-state index contributed by atoms with van der Waals surface area (Å²) in [6.45, 7) is 0. The molecule has 0 fully saturated rings. The SMILES string of the molecule is c1ccc(-c2cccc(-c3cc(-c4ccc5c6ccccc6c6ccc(-c7ccccc7)c7oc4c5c76)nc(-c4ccccc4)n3)c2)cc1. The lowest BCUT2D eigenvalue weighted by Gasteiger charge is -2.12. The summed E-state index contributed by atoms with van der Waals surface area (Å²) in [6.07, 6.45) is 0. The van der Waals surface area contributed by atoms with E-state index >= 15 is 0 Å². The van der Waals surface area contributed by atoms with Gasteiger partial charge in [0.1, 0.15) is 11.2 Å². The molecule has 2 aromatic heterocycles. The number of rotatable bonds is 5. The fourth-order valence-corrected chi connectivity index (χ4v) is 7.36.